The van der Waals surface area contributed by atoms with Crippen molar-refractivity contribution < 1.29 is 9.84 Å². The molecule has 3 heteroatoms. The Labute approximate surface area is 67.7 Å². The first-order valence-corrected chi connectivity index (χ1v) is 4.20. The lowest BCUT2D eigenvalue weighted by molar-refractivity contribution is -0.0695. The third-order valence-electron chi connectivity index (χ3n) is 2.43. The molecule has 0 aromatic heterocycles. The summed E-state index contributed by atoms with van der Waals surface area (Å²) >= 11 is 0. The first kappa shape index (κ1) is 8.97. The van der Waals surface area contributed by atoms with E-state index in [0.717, 1.165) is 19.4 Å². The molecule has 2 N–H and O–H groups in total. The summed E-state index contributed by atoms with van der Waals surface area (Å²) in [4.78, 5) is 0. The minimum absolute atomic E-state index is 0.0924. The van der Waals surface area contributed by atoms with E-state index in [4.69, 9.17) is 9.84 Å². The Morgan fingerprint density at radius 3 is 2.64 bits per heavy atom. The molecular formula is C8H17NO2. The summed E-state index contributed by atoms with van der Waals surface area (Å²) in [6.07, 6.45) is 3.58. The second-order valence-corrected chi connectivity index (χ2v) is 3.14. The zero-order valence-corrected chi connectivity index (χ0v) is 7.10. The molecule has 0 spiro atoms. The minimum atomic E-state index is 0.0924. The van der Waals surface area contributed by atoms with Crippen LogP contribution in [0.25, 0.3) is 0 Å². The molecule has 0 radical (unpaired) electrons. The van der Waals surface area contributed by atoms with Gasteiger partial charge in [-0.15, -0.1) is 0 Å². The number of methoxy groups -OCH3 is 1. The van der Waals surface area contributed by atoms with E-state index in [-0.39, 0.29) is 12.2 Å². The van der Waals surface area contributed by atoms with Crippen LogP contribution in [0.2, 0.25) is 0 Å². The van der Waals surface area contributed by atoms with Crippen molar-refractivity contribution in [2.24, 2.45) is 0 Å². The van der Waals surface area contributed by atoms with Crippen LogP contribution in [0.15, 0.2) is 0 Å². The number of nitrogens with one attached hydrogen (secondary N) is 1. The van der Waals surface area contributed by atoms with Crippen molar-refractivity contribution in [2.45, 2.75) is 24.9 Å². The van der Waals surface area contributed by atoms with E-state index < -0.39 is 0 Å². The average Bonchev–Trinajstić information content (AvgIpc) is 1.95. The first-order chi connectivity index (χ1) is 5.33. The van der Waals surface area contributed by atoms with Crippen LogP contribution in [-0.2, 0) is 4.74 Å². The molecule has 0 aliphatic heterocycles. The van der Waals surface area contributed by atoms with Gasteiger partial charge in [-0.05, 0) is 19.3 Å². The maximum Gasteiger partial charge on any atom is 0.0802 e. The third kappa shape index (κ3) is 2.15. The van der Waals surface area contributed by atoms with Gasteiger partial charge in [0.05, 0.1) is 12.2 Å². The van der Waals surface area contributed by atoms with E-state index >= 15 is 0 Å². The molecule has 0 bridgehead atoms. The molecule has 0 unspecified atom stereocenters. The van der Waals surface area contributed by atoms with Gasteiger partial charge in [0.1, 0.15) is 0 Å². The van der Waals surface area contributed by atoms with Crippen LogP contribution in [0.3, 0.4) is 0 Å². The number of hydrogen-bond acceptors (Lipinski definition) is 3. The molecule has 1 fully saturated rings. The molecule has 1 aliphatic carbocycles. The number of aliphatic hydroxyl groups excluding tert-OH is 1. The standard InChI is InChI=1S/C8H17NO2/c1-11-8(3-2-4-8)7-9-5-6-10/h9-10H,2-7H2,1H3. The third-order valence-corrected chi connectivity index (χ3v) is 2.43. The lowest BCUT2D eigenvalue weighted by Crippen LogP contribution is -2.48. The largest absolute Gasteiger partial charge is 0.395 e. The van der Waals surface area contributed by atoms with Crippen molar-refractivity contribution in [1.82, 2.24) is 5.32 Å². The van der Waals surface area contributed by atoms with Crippen molar-refractivity contribution in [3.05, 3.63) is 0 Å². The molecule has 1 aliphatic rings. The van der Waals surface area contributed by atoms with Gasteiger partial charge in [-0.3, -0.25) is 0 Å². The quantitative estimate of drug-likeness (QED) is 0.561. The molecule has 1 saturated carbocycles. The topological polar surface area (TPSA) is 41.5 Å². The van der Waals surface area contributed by atoms with Gasteiger partial charge in [0.25, 0.3) is 0 Å². The maximum atomic E-state index is 8.52. The Morgan fingerprint density at radius 2 is 2.27 bits per heavy atom. The van der Waals surface area contributed by atoms with Gasteiger partial charge in [-0.2, -0.15) is 0 Å². The number of hydrogen-bond donors (Lipinski definition) is 2. The number of aliphatic hydroxyl groups is 1. The molecule has 0 aromatic carbocycles. The van der Waals surface area contributed by atoms with E-state index in [9.17, 15) is 0 Å². The second kappa shape index (κ2) is 4.04. The van der Waals surface area contributed by atoms with Gasteiger partial charge in [-0.1, -0.05) is 0 Å². The summed E-state index contributed by atoms with van der Waals surface area (Å²) in [5.41, 5.74) is 0.0924. The van der Waals surface area contributed by atoms with E-state index in [1.54, 1.807) is 7.11 Å². The smallest absolute Gasteiger partial charge is 0.0802 e. The number of ether oxygens (including phenoxy) is 1. The van der Waals surface area contributed by atoms with Crippen LogP contribution >= 0.6 is 0 Å². The van der Waals surface area contributed by atoms with Gasteiger partial charge in [-0.25, -0.2) is 0 Å². The number of rotatable bonds is 5. The highest BCUT2D eigenvalue weighted by atomic mass is 16.5. The molecule has 66 valence electrons. The summed E-state index contributed by atoms with van der Waals surface area (Å²) < 4.78 is 5.38. The zero-order valence-electron chi connectivity index (χ0n) is 7.10. The predicted molar refractivity (Wildman–Crippen MR) is 43.5 cm³/mol. The van der Waals surface area contributed by atoms with Gasteiger partial charge in [0.15, 0.2) is 0 Å². The van der Waals surface area contributed by atoms with Crippen molar-refractivity contribution in [2.75, 3.05) is 26.8 Å². The van der Waals surface area contributed by atoms with Gasteiger partial charge >= 0.3 is 0 Å². The highest BCUT2D eigenvalue weighted by Gasteiger charge is 2.36. The summed E-state index contributed by atoms with van der Waals surface area (Å²) in [5.74, 6) is 0. The Hall–Kier alpha value is -0.120. The highest BCUT2D eigenvalue weighted by molar-refractivity contribution is 4.91. The van der Waals surface area contributed by atoms with Crippen LogP contribution in [0.4, 0.5) is 0 Å². The van der Waals surface area contributed by atoms with Crippen molar-refractivity contribution in [3.8, 4) is 0 Å². The summed E-state index contributed by atoms with van der Waals surface area (Å²) in [7, 11) is 1.76. The molecule has 3 nitrogen and oxygen atoms in total. The van der Waals surface area contributed by atoms with Gasteiger partial charge in [0, 0.05) is 20.2 Å². The van der Waals surface area contributed by atoms with Crippen molar-refractivity contribution in [3.63, 3.8) is 0 Å². The molecule has 0 aromatic rings. The zero-order chi connectivity index (χ0) is 8.16. The second-order valence-electron chi connectivity index (χ2n) is 3.14. The Kier molecular flexibility index (Phi) is 3.30. The average molecular weight is 159 g/mol. The summed E-state index contributed by atoms with van der Waals surface area (Å²) in [5, 5.41) is 11.7. The van der Waals surface area contributed by atoms with E-state index in [2.05, 4.69) is 5.32 Å². The van der Waals surface area contributed by atoms with Crippen LogP contribution < -0.4 is 5.32 Å². The van der Waals surface area contributed by atoms with E-state index in [0.29, 0.717) is 6.54 Å². The molecule has 0 amide bonds. The first-order valence-electron chi connectivity index (χ1n) is 4.20. The maximum absolute atomic E-state index is 8.52. The Bertz CT molecular complexity index is 107. The lowest BCUT2D eigenvalue weighted by atomic mass is 9.80. The predicted octanol–water partition coefficient (Wildman–Crippen LogP) is 0.137. The van der Waals surface area contributed by atoms with Gasteiger partial charge < -0.3 is 15.2 Å². The van der Waals surface area contributed by atoms with Crippen LogP contribution in [0.1, 0.15) is 19.3 Å². The van der Waals surface area contributed by atoms with Crippen LogP contribution in [-0.4, -0.2) is 37.5 Å². The SMILES string of the molecule is COC1(CNCCO)CCC1. The lowest BCUT2D eigenvalue weighted by Gasteiger charge is -2.40. The van der Waals surface area contributed by atoms with Crippen LogP contribution in [0, 0.1) is 0 Å². The van der Waals surface area contributed by atoms with Crippen molar-refractivity contribution >= 4 is 0 Å². The van der Waals surface area contributed by atoms with Crippen LogP contribution in [0.5, 0.6) is 0 Å². The summed E-state index contributed by atoms with van der Waals surface area (Å²) in [6, 6.07) is 0. The summed E-state index contributed by atoms with van der Waals surface area (Å²) in [6.45, 7) is 1.76. The fourth-order valence-electron chi connectivity index (χ4n) is 1.42. The molecule has 1 rings (SSSR count). The normalized spacial score (nSPS) is 21.3. The Balaban J connectivity index is 2.11. The fourth-order valence-corrected chi connectivity index (χ4v) is 1.42. The molecule has 11 heavy (non-hydrogen) atoms. The fraction of sp³-hybridized carbons (Fsp3) is 1.00. The monoisotopic (exact) mass is 159 g/mol. The molecule has 0 heterocycles. The van der Waals surface area contributed by atoms with E-state index in [1.165, 1.54) is 6.42 Å². The molecular weight excluding hydrogens is 142 g/mol. The Morgan fingerprint density at radius 1 is 1.55 bits per heavy atom. The molecule has 0 saturated heterocycles. The van der Waals surface area contributed by atoms with E-state index in [1.807, 2.05) is 0 Å². The minimum Gasteiger partial charge on any atom is -0.395 e. The van der Waals surface area contributed by atoms with Crippen molar-refractivity contribution in [1.29, 1.82) is 0 Å². The molecule has 0 atom stereocenters. The highest BCUT2D eigenvalue weighted by Crippen LogP contribution is 2.33. The van der Waals surface area contributed by atoms with Gasteiger partial charge in [0.2, 0.25) is 0 Å².